The van der Waals surface area contributed by atoms with Gasteiger partial charge in [0.1, 0.15) is 0 Å². The molecule has 0 fully saturated rings. The minimum absolute atomic E-state index is 0. The van der Waals surface area contributed by atoms with Gasteiger partial charge in [-0.25, -0.2) is 0 Å². The SMILES string of the molecule is Pc1ccc(-c2ccccc2)c(-c2ccccc2)c1-c1ccccc1.[Ru]. The van der Waals surface area contributed by atoms with Crippen LogP contribution in [0.1, 0.15) is 0 Å². The summed E-state index contributed by atoms with van der Waals surface area (Å²) in [6, 6.07) is 36.3. The van der Waals surface area contributed by atoms with E-state index in [4.69, 9.17) is 0 Å². The fraction of sp³-hybridized carbons (Fsp3) is 0. The molecule has 26 heavy (non-hydrogen) atoms. The van der Waals surface area contributed by atoms with Crippen molar-refractivity contribution < 1.29 is 19.5 Å². The van der Waals surface area contributed by atoms with Gasteiger partial charge in [0.15, 0.2) is 0 Å². The molecular weight excluding hydrogens is 420 g/mol. The molecular formula is C24H19PRu. The molecule has 0 aliphatic heterocycles. The molecule has 1 unspecified atom stereocenters. The Morgan fingerprint density at radius 2 is 0.846 bits per heavy atom. The van der Waals surface area contributed by atoms with Gasteiger partial charge in [-0.2, -0.15) is 0 Å². The Labute approximate surface area is 170 Å². The molecule has 0 saturated heterocycles. The van der Waals surface area contributed by atoms with Gasteiger partial charge < -0.3 is 0 Å². The van der Waals surface area contributed by atoms with Crippen LogP contribution in [0.25, 0.3) is 33.4 Å². The Kier molecular flexibility index (Phi) is 6.15. The molecule has 1 atom stereocenters. The number of benzene rings is 4. The fourth-order valence-electron chi connectivity index (χ4n) is 3.30. The third-order valence-corrected chi connectivity index (χ3v) is 4.93. The van der Waals surface area contributed by atoms with E-state index in [1.54, 1.807) is 0 Å². The maximum Gasteiger partial charge on any atom is 0 e. The Bertz CT molecular complexity index is 981. The van der Waals surface area contributed by atoms with Crippen LogP contribution in [0.4, 0.5) is 0 Å². The number of rotatable bonds is 3. The second kappa shape index (κ2) is 8.54. The van der Waals surface area contributed by atoms with Gasteiger partial charge in [-0.05, 0) is 38.7 Å². The maximum absolute atomic E-state index is 2.90. The molecule has 0 aliphatic rings. The van der Waals surface area contributed by atoms with Crippen molar-refractivity contribution >= 4 is 14.5 Å². The zero-order valence-electron chi connectivity index (χ0n) is 14.2. The molecule has 0 bridgehead atoms. The van der Waals surface area contributed by atoms with E-state index in [0.717, 1.165) is 0 Å². The van der Waals surface area contributed by atoms with Gasteiger partial charge in [-0.15, -0.1) is 9.24 Å². The summed E-state index contributed by atoms with van der Waals surface area (Å²) >= 11 is 0. The monoisotopic (exact) mass is 440 g/mol. The normalized spacial score (nSPS) is 10.2. The van der Waals surface area contributed by atoms with Crippen molar-refractivity contribution in [1.29, 1.82) is 0 Å². The van der Waals surface area contributed by atoms with E-state index >= 15 is 0 Å². The van der Waals surface area contributed by atoms with E-state index in [2.05, 4.69) is 112 Å². The molecule has 0 radical (unpaired) electrons. The van der Waals surface area contributed by atoms with E-state index in [9.17, 15) is 0 Å². The van der Waals surface area contributed by atoms with E-state index in [0.29, 0.717) is 0 Å². The molecule has 0 nitrogen and oxygen atoms in total. The smallest absolute Gasteiger partial charge is 0 e. The largest absolute Gasteiger partial charge is 0.105 e. The third-order valence-electron chi connectivity index (χ3n) is 4.45. The van der Waals surface area contributed by atoms with Gasteiger partial charge >= 0.3 is 0 Å². The third kappa shape index (κ3) is 3.70. The Morgan fingerprint density at radius 1 is 0.423 bits per heavy atom. The van der Waals surface area contributed by atoms with Crippen molar-refractivity contribution in [2.75, 3.05) is 0 Å². The van der Waals surface area contributed by atoms with E-state index < -0.39 is 0 Å². The molecule has 0 spiro atoms. The van der Waals surface area contributed by atoms with Crippen LogP contribution in [0.15, 0.2) is 103 Å². The summed E-state index contributed by atoms with van der Waals surface area (Å²) in [6.07, 6.45) is 0. The molecule has 0 aliphatic carbocycles. The van der Waals surface area contributed by atoms with E-state index in [1.165, 1.54) is 38.7 Å². The van der Waals surface area contributed by atoms with Crippen LogP contribution in [-0.4, -0.2) is 0 Å². The quantitative estimate of drug-likeness (QED) is 0.264. The second-order valence-corrected chi connectivity index (χ2v) is 6.67. The number of hydrogen-bond acceptors (Lipinski definition) is 0. The summed E-state index contributed by atoms with van der Waals surface area (Å²) in [4.78, 5) is 0. The average molecular weight is 439 g/mol. The molecule has 128 valence electrons. The van der Waals surface area contributed by atoms with Gasteiger partial charge in [-0.3, -0.25) is 0 Å². The fourth-order valence-corrected chi connectivity index (χ4v) is 3.70. The first-order valence-corrected chi connectivity index (χ1v) is 9.01. The first-order valence-electron chi connectivity index (χ1n) is 8.43. The summed E-state index contributed by atoms with van der Waals surface area (Å²) in [6.45, 7) is 0. The van der Waals surface area contributed by atoms with Gasteiger partial charge in [-0.1, -0.05) is 103 Å². The summed E-state index contributed by atoms with van der Waals surface area (Å²) in [5, 5.41) is 1.21. The van der Waals surface area contributed by atoms with Crippen molar-refractivity contribution in [3.05, 3.63) is 103 Å². The van der Waals surface area contributed by atoms with Crippen LogP contribution in [0, 0.1) is 0 Å². The standard InChI is InChI=1S/C24H19P.Ru/c25-22-17-16-21(18-10-4-1-5-11-18)23(19-12-6-2-7-13-19)24(22)20-14-8-3-9-15-20;/h1-17H,25H2;. The van der Waals surface area contributed by atoms with Crippen molar-refractivity contribution in [2.24, 2.45) is 0 Å². The summed E-state index contributed by atoms with van der Waals surface area (Å²) in [5.74, 6) is 0. The van der Waals surface area contributed by atoms with Gasteiger partial charge in [0, 0.05) is 19.5 Å². The molecule has 2 heteroatoms. The first kappa shape index (κ1) is 18.7. The molecule has 0 amide bonds. The first-order chi connectivity index (χ1) is 12.3. The summed E-state index contributed by atoms with van der Waals surface area (Å²) in [7, 11) is 2.90. The maximum atomic E-state index is 2.90. The van der Waals surface area contributed by atoms with Crippen LogP contribution < -0.4 is 5.30 Å². The summed E-state index contributed by atoms with van der Waals surface area (Å²) in [5.41, 5.74) is 7.54. The van der Waals surface area contributed by atoms with Crippen molar-refractivity contribution in [2.45, 2.75) is 0 Å². The van der Waals surface area contributed by atoms with E-state index in [-0.39, 0.29) is 19.5 Å². The predicted octanol–water partition coefficient (Wildman–Crippen LogP) is 6.19. The Morgan fingerprint density at radius 3 is 1.35 bits per heavy atom. The minimum Gasteiger partial charge on any atom is -0.105 e. The van der Waals surface area contributed by atoms with Crippen molar-refractivity contribution in [1.82, 2.24) is 0 Å². The van der Waals surface area contributed by atoms with Crippen molar-refractivity contribution in [3.63, 3.8) is 0 Å². The van der Waals surface area contributed by atoms with Crippen LogP contribution in [0.5, 0.6) is 0 Å². The summed E-state index contributed by atoms with van der Waals surface area (Å²) < 4.78 is 0. The van der Waals surface area contributed by atoms with Gasteiger partial charge in [0.05, 0.1) is 0 Å². The van der Waals surface area contributed by atoms with Crippen LogP contribution in [-0.2, 0) is 19.5 Å². The van der Waals surface area contributed by atoms with Crippen LogP contribution >= 0.6 is 9.24 Å². The Hall–Kier alpha value is -2.07. The molecule has 4 rings (SSSR count). The average Bonchev–Trinajstić information content (AvgIpc) is 2.70. The zero-order chi connectivity index (χ0) is 17.1. The van der Waals surface area contributed by atoms with Crippen molar-refractivity contribution in [3.8, 4) is 33.4 Å². The molecule has 4 aromatic carbocycles. The van der Waals surface area contributed by atoms with Crippen LogP contribution in [0.3, 0.4) is 0 Å². The molecule has 0 saturated carbocycles. The minimum atomic E-state index is 0. The molecule has 0 heterocycles. The van der Waals surface area contributed by atoms with E-state index in [1.807, 2.05) is 0 Å². The van der Waals surface area contributed by atoms with Gasteiger partial charge in [0.2, 0.25) is 0 Å². The topological polar surface area (TPSA) is 0 Å². The molecule has 0 aromatic heterocycles. The second-order valence-electron chi connectivity index (χ2n) is 6.05. The molecule has 0 N–H and O–H groups in total. The Balaban J connectivity index is 0.00000196. The predicted molar refractivity (Wildman–Crippen MR) is 112 cm³/mol. The molecule has 4 aromatic rings. The van der Waals surface area contributed by atoms with Gasteiger partial charge in [0.25, 0.3) is 0 Å². The number of hydrogen-bond donors (Lipinski definition) is 0. The van der Waals surface area contributed by atoms with Crippen LogP contribution in [0.2, 0.25) is 0 Å². The zero-order valence-corrected chi connectivity index (χ0v) is 17.1.